The topological polar surface area (TPSA) is 56.5 Å². The third-order valence-electron chi connectivity index (χ3n) is 1.52. The third-order valence-corrected chi connectivity index (χ3v) is 1.98. The summed E-state index contributed by atoms with van der Waals surface area (Å²) in [6, 6.07) is 3.28. The summed E-state index contributed by atoms with van der Waals surface area (Å²) in [4.78, 5) is 13.2. The molecule has 0 aliphatic heterocycles. The molecule has 0 amide bonds. The Hall–Kier alpha value is -1.33. The number of fused-ring (bicyclic) bond motifs is 1. The minimum atomic E-state index is 0.378. The molecule has 0 fully saturated rings. The molecule has 2 aromatic heterocycles. The summed E-state index contributed by atoms with van der Waals surface area (Å²) in [7, 11) is 0. The largest absolute Gasteiger partial charge is 0.468 e. The van der Waals surface area contributed by atoms with Crippen LogP contribution in [0.2, 0.25) is 10.3 Å². The fourth-order valence-electron chi connectivity index (χ4n) is 0.915. The molecule has 7 heteroatoms. The Labute approximate surface area is 102 Å². The average molecular weight is 262 g/mol. The zero-order valence-corrected chi connectivity index (χ0v) is 9.94. The van der Waals surface area contributed by atoms with Crippen LogP contribution in [-0.4, -0.2) is 27.7 Å². The number of hydrogen-bond acceptors (Lipinski definition) is 4. The second-order valence-electron chi connectivity index (χ2n) is 2.55. The molecule has 0 unspecified atom stereocenters. The molecular formula is C9H9Cl2N3O2. The Balaban J connectivity index is 0.000000221. The first-order valence-corrected chi connectivity index (χ1v) is 5.15. The third kappa shape index (κ3) is 3.36. The van der Waals surface area contributed by atoms with Crippen LogP contribution in [0, 0.1) is 0 Å². The molecule has 0 radical (unpaired) electrons. The molecule has 0 aromatic carbocycles. The van der Waals surface area contributed by atoms with Gasteiger partial charge in [0.25, 0.3) is 6.47 Å². The first kappa shape index (κ1) is 12.7. The van der Waals surface area contributed by atoms with Crippen LogP contribution in [0.5, 0.6) is 0 Å². The lowest BCUT2D eigenvalue weighted by atomic mass is 10.6. The Bertz CT molecular complexity index is 473. The molecule has 0 N–H and O–H groups in total. The Morgan fingerprint density at radius 3 is 2.88 bits per heavy atom. The summed E-state index contributed by atoms with van der Waals surface area (Å²) in [5.74, 6) is 0. The van der Waals surface area contributed by atoms with Gasteiger partial charge in [0.15, 0.2) is 5.65 Å². The van der Waals surface area contributed by atoms with Crippen molar-refractivity contribution >= 4 is 35.3 Å². The summed E-state index contributed by atoms with van der Waals surface area (Å²) in [6.07, 6.45) is 1.62. The highest BCUT2D eigenvalue weighted by Gasteiger charge is 2.00. The molecular weight excluding hydrogens is 253 g/mol. The molecule has 16 heavy (non-hydrogen) atoms. The SMILES string of the molecule is CCOC=O.Clc1cc(Cl)n2nccc2n1. The van der Waals surface area contributed by atoms with E-state index in [1.165, 1.54) is 4.52 Å². The van der Waals surface area contributed by atoms with E-state index >= 15 is 0 Å². The van der Waals surface area contributed by atoms with E-state index in [4.69, 9.17) is 23.2 Å². The number of aromatic nitrogens is 3. The highest BCUT2D eigenvalue weighted by Crippen LogP contribution is 2.14. The maximum absolute atomic E-state index is 9.18. The van der Waals surface area contributed by atoms with Gasteiger partial charge in [0.2, 0.25) is 0 Å². The van der Waals surface area contributed by atoms with Crippen molar-refractivity contribution in [3.63, 3.8) is 0 Å². The zero-order valence-electron chi connectivity index (χ0n) is 8.43. The lowest BCUT2D eigenvalue weighted by Gasteiger charge is -1.95. The number of carbonyl (C=O) groups is 1. The molecule has 0 bridgehead atoms. The highest BCUT2D eigenvalue weighted by atomic mass is 35.5. The molecule has 86 valence electrons. The van der Waals surface area contributed by atoms with Crippen LogP contribution in [0.1, 0.15) is 6.92 Å². The van der Waals surface area contributed by atoms with Crippen LogP contribution in [-0.2, 0) is 9.53 Å². The minimum Gasteiger partial charge on any atom is -0.468 e. The van der Waals surface area contributed by atoms with Gasteiger partial charge in [0.05, 0.1) is 12.8 Å². The summed E-state index contributed by atoms with van der Waals surface area (Å²) in [5.41, 5.74) is 0.655. The molecule has 0 saturated carbocycles. The predicted octanol–water partition coefficient (Wildman–Crippen LogP) is 2.22. The lowest BCUT2D eigenvalue weighted by Crippen LogP contribution is -1.91. The summed E-state index contributed by atoms with van der Waals surface area (Å²) >= 11 is 11.4. The van der Waals surface area contributed by atoms with Gasteiger partial charge in [-0.1, -0.05) is 23.2 Å². The Morgan fingerprint density at radius 1 is 1.56 bits per heavy atom. The zero-order chi connectivity index (χ0) is 12.0. The number of ether oxygens (including phenoxy) is 1. The summed E-state index contributed by atoms with van der Waals surface area (Å²) in [6.45, 7) is 2.66. The van der Waals surface area contributed by atoms with E-state index in [0.29, 0.717) is 29.0 Å². The van der Waals surface area contributed by atoms with Crippen molar-refractivity contribution in [2.24, 2.45) is 0 Å². The highest BCUT2D eigenvalue weighted by molar-refractivity contribution is 6.33. The van der Waals surface area contributed by atoms with Crippen LogP contribution in [0.3, 0.4) is 0 Å². The normalized spacial score (nSPS) is 9.44. The van der Waals surface area contributed by atoms with Crippen molar-refractivity contribution in [1.29, 1.82) is 0 Å². The van der Waals surface area contributed by atoms with Gasteiger partial charge in [-0.15, -0.1) is 0 Å². The monoisotopic (exact) mass is 261 g/mol. The van der Waals surface area contributed by atoms with Gasteiger partial charge in [0.1, 0.15) is 10.3 Å². The number of carbonyl (C=O) groups excluding carboxylic acids is 1. The Kier molecular flexibility index (Phi) is 5.01. The fraction of sp³-hybridized carbons (Fsp3) is 0.222. The standard InChI is InChI=1S/C6H3Cl2N3.C3H6O2/c7-4-3-5(8)11-6(10-4)1-2-9-11;1-2-5-3-4/h1-3H;3H,2H2,1H3. The van der Waals surface area contributed by atoms with Gasteiger partial charge in [-0.3, -0.25) is 4.79 Å². The maximum Gasteiger partial charge on any atom is 0.293 e. The van der Waals surface area contributed by atoms with Crippen molar-refractivity contribution in [2.75, 3.05) is 6.61 Å². The van der Waals surface area contributed by atoms with Crippen LogP contribution in [0.4, 0.5) is 0 Å². The number of nitrogens with zero attached hydrogens (tertiary/aromatic N) is 3. The fourth-order valence-corrected chi connectivity index (χ4v) is 1.39. The molecule has 0 saturated heterocycles. The van der Waals surface area contributed by atoms with E-state index in [-0.39, 0.29) is 0 Å². The van der Waals surface area contributed by atoms with Crippen molar-refractivity contribution in [1.82, 2.24) is 14.6 Å². The second kappa shape index (κ2) is 6.30. The van der Waals surface area contributed by atoms with Gasteiger partial charge in [-0.25, -0.2) is 9.50 Å². The van der Waals surface area contributed by atoms with Gasteiger partial charge >= 0.3 is 0 Å². The van der Waals surface area contributed by atoms with Crippen molar-refractivity contribution in [3.8, 4) is 0 Å². The molecule has 2 heterocycles. The average Bonchev–Trinajstić information content (AvgIpc) is 2.68. The van der Waals surface area contributed by atoms with E-state index in [9.17, 15) is 4.79 Å². The molecule has 0 atom stereocenters. The van der Waals surface area contributed by atoms with E-state index in [1.54, 1.807) is 25.3 Å². The minimum absolute atomic E-state index is 0.378. The van der Waals surface area contributed by atoms with Gasteiger partial charge in [0, 0.05) is 12.1 Å². The maximum atomic E-state index is 9.18. The van der Waals surface area contributed by atoms with E-state index < -0.39 is 0 Å². The number of halogens is 2. The number of rotatable bonds is 2. The smallest absolute Gasteiger partial charge is 0.293 e. The van der Waals surface area contributed by atoms with E-state index in [2.05, 4.69) is 14.8 Å². The van der Waals surface area contributed by atoms with Crippen molar-refractivity contribution < 1.29 is 9.53 Å². The molecule has 2 aromatic rings. The quantitative estimate of drug-likeness (QED) is 0.615. The summed E-state index contributed by atoms with van der Waals surface area (Å²) < 4.78 is 5.66. The first-order valence-electron chi connectivity index (χ1n) is 4.40. The van der Waals surface area contributed by atoms with Crippen LogP contribution in [0.15, 0.2) is 18.3 Å². The van der Waals surface area contributed by atoms with E-state index in [1.807, 2.05) is 0 Å². The van der Waals surface area contributed by atoms with Crippen LogP contribution < -0.4 is 0 Å². The number of hydrogen-bond donors (Lipinski definition) is 0. The summed E-state index contributed by atoms with van der Waals surface area (Å²) in [5, 5.41) is 4.76. The lowest BCUT2D eigenvalue weighted by molar-refractivity contribution is -0.128. The van der Waals surface area contributed by atoms with Gasteiger partial charge < -0.3 is 4.74 Å². The molecule has 2 rings (SSSR count). The van der Waals surface area contributed by atoms with Crippen molar-refractivity contribution in [2.45, 2.75) is 6.92 Å². The van der Waals surface area contributed by atoms with Crippen molar-refractivity contribution in [3.05, 3.63) is 28.6 Å². The predicted molar refractivity (Wildman–Crippen MR) is 60.7 cm³/mol. The first-order chi connectivity index (χ1) is 7.69. The molecule has 5 nitrogen and oxygen atoms in total. The van der Waals surface area contributed by atoms with Gasteiger partial charge in [-0.05, 0) is 6.92 Å². The van der Waals surface area contributed by atoms with Crippen LogP contribution >= 0.6 is 23.2 Å². The molecule has 0 spiro atoms. The van der Waals surface area contributed by atoms with E-state index in [0.717, 1.165) is 0 Å². The van der Waals surface area contributed by atoms with Gasteiger partial charge in [-0.2, -0.15) is 5.10 Å². The molecule has 0 aliphatic rings. The molecule has 0 aliphatic carbocycles. The van der Waals surface area contributed by atoms with Crippen LogP contribution in [0.25, 0.3) is 5.65 Å². The Morgan fingerprint density at radius 2 is 2.31 bits per heavy atom. The second-order valence-corrected chi connectivity index (χ2v) is 3.33.